The number of hydrogen-bond donors (Lipinski definition) is 2. The van der Waals surface area contributed by atoms with E-state index < -0.39 is 17.8 Å². The summed E-state index contributed by atoms with van der Waals surface area (Å²) in [5.74, 6) is -2.14. The van der Waals surface area contributed by atoms with Crippen molar-refractivity contribution in [3.63, 3.8) is 0 Å². The lowest BCUT2D eigenvalue weighted by atomic mass is 9.82. The van der Waals surface area contributed by atoms with E-state index in [2.05, 4.69) is 5.32 Å². The number of amides is 1. The first-order valence-corrected chi connectivity index (χ1v) is 7.19. The summed E-state index contributed by atoms with van der Waals surface area (Å²) in [5, 5.41) is 14.0. The number of allylic oxidation sites excluding steroid dienone is 2. The lowest BCUT2D eigenvalue weighted by molar-refractivity contribution is -0.147. The van der Waals surface area contributed by atoms with Crippen molar-refractivity contribution in [2.24, 2.45) is 11.8 Å². The maximum absolute atomic E-state index is 12.2. The minimum Gasteiger partial charge on any atom is -0.481 e. The van der Waals surface area contributed by atoms with Crippen LogP contribution in [-0.4, -0.2) is 17.0 Å². The molecule has 0 aromatic carbocycles. The molecule has 0 saturated heterocycles. The summed E-state index contributed by atoms with van der Waals surface area (Å²) in [5.41, 5.74) is 0. The zero-order valence-electron chi connectivity index (χ0n) is 10.7. The third kappa shape index (κ3) is 3.23. The van der Waals surface area contributed by atoms with Crippen LogP contribution in [0, 0.1) is 11.8 Å². The van der Waals surface area contributed by atoms with Crippen molar-refractivity contribution >= 4 is 23.2 Å². The molecule has 0 aliphatic heterocycles. The van der Waals surface area contributed by atoms with Crippen molar-refractivity contribution in [1.82, 2.24) is 5.32 Å². The summed E-state index contributed by atoms with van der Waals surface area (Å²) in [7, 11) is 0. The molecule has 19 heavy (non-hydrogen) atoms. The summed E-state index contributed by atoms with van der Waals surface area (Å²) in [6.45, 7) is 1.91. The highest BCUT2D eigenvalue weighted by Crippen LogP contribution is 2.27. The summed E-state index contributed by atoms with van der Waals surface area (Å²) >= 11 is 1.58. The fourth-order valence-corrected chi connectivity index (χ4v) is 3.04. The van der Waals surface area contributed by atoms with Crippen LogP contribution >= 0.6 is 11.3 Å². The van der Waals surface area contributed by atoms with E-state index in [-0.39, 0.29) is 11.9 Å². The number of hydrogen-bond acceptors (Lipinski definition) is 3. The van der Waals surface area contributed by atoms with Gasteiger partial charge in [0.15, 0.2) is 0 Å². The third-order valence-electron chi connectivity index (χ3n) is 3.42. The number of carboxylic acid groups (broad SMARTS) is 1. The standard InChI is InChI=1S/C14H17NO3S/c1-9(12-7-4-8-19-12)15-13(16)10-5-2-3-6-11(10)14(17)18/h2-4,7-11H,5-6H2,1H3,(H,15,16)(H,17,18)/t9?,10-,11+/m1/s1. The fraction of sp³-hybridized carbons (Fsp3) is 0.429. The maximum atomic E-state index is 12.2. The van der Waals surface area contributed by atoms with Gasteiger partial charge in [0.05, 0.1) is 17.9 Å². The molecule has 2 N–H and O–H groups in total. The summed E-state index contributed by atoms with van der Waals surface area (Å²) < 4.78 is 0. The molecule has 2 rings (SSSR count). The molecule has 0 bridgehead atoms. The monoisotopic (exact) mass is 279 g/mol. The molecule has 1 heterocycles. The van der Waals surface area contributed by atoms with Gasteiger partial charge in [-0.3, -0.25) is 9.59 Å². The largest absolute Gasteiger partial charge is 0.481 e. The number of aliphatic carboxylic acids is 1. The second-order valence-electron chi connectivity index (χ2n) is 4.74. The molecule has 1 amide bonds. The van der Waals surface area contributed by atoms with Gasteiger partial charge in [0.25, 0.3) is 0 Å². The van der Waals surface area contributed by atoms with E-state index in [1.165, 1.54) is 0 Å². The zero-order chi connectivity index (χ0) is 13.8. The highest BCUT2D eigenvalue weighted by Gasteiger charge is 2.34. The Hall–Kier alpha value is -1.62. The Morgan fingerprint density at radius 3 is 2.63 bits per heavy atom. The number of carbonyl (C=O) groups excluding carboxylic acids is 1. The van der Waals surface area contributed by atoms with Crippen molar-refractivity contribution in [1.29, 1.82) is 0 Å². The van der Waals surface area contributed by atoms with Crippen LogP contribution in [0.3, 0.4) is 0 Å². The average Bonchev–Trinajstić information content (AvgIpc) is 2.92. The van der Waals surface area contributed by atoms with Gasteiger partial charge in [-0.05, 0) is 31.2 Å². The molecule has 1 aromatic heterocycles. The zero-order valence-corrected chi connectivity index (χ0v) is 11.5. The van der Waals surface area contributed by atoms with E-state index in [1.54, 1.807) is 11.3 Å². The van der Waals surface area contributed by atoms with Gasteiger partial charge < -0.3 is 10.4 Å². The van der Waals surface area contributed by atoms with Crippen LogP contribution in [0.5, 0.6) is 0 Å². The van der Waals surface area contributed by atoms with Crippen LogP contribution < -0.4 is 5.32 Å². The molecule has 0 radical (unpaired) electrons. The number of carboxylic acids is 1. The van der Waals surface area contributed by atoms with Crippen LogP contribution in [0.1, 0.15) is 30.7 Å². The molecule has 1 unspecified atom stereocenters. The van der Waals surface area contributed by atoms with Crippen molar-refractivity contribution in [3.05, 3.63) is 34.5 Å². The Balaban J connectivity index is 2.02. The highest BCUT2D eigenvalue weighted by atomic mass is 32.1. The Morgan fingerprint density at radius 2 is 2.05 bits per heavy atom. The molecule has 5 heteroatoms. The first-order chi connectivity index (χ1) is 9.09. The van der Waals surface area contributed by atoms with Crippen molar-refractivity contribution in [3.8, 4) is 0 Å². The smallest absolute Gasteiger partial charge is 0.307 e. The van der Waals surface area contributed by atoms with Gasteiger partial charge in [0.1, 0.15) is 0 Å². The molecule has 1 aliphatic carbocycles. The summed E-state index contributed by atoms with van der Waals surface area (Å²) in [6.07, 6.45) is 4.66. The van der Waals surface area contributed by atoms with Crippen LogP contribution in [0.2, 0.25) is 0 Å². The van der Waals surface area contributed by atoms with Crippen molar-refractivity contribution < 1.29 is 14.7 Å². The van der Waals surface area contributed by atoms with Crippen LogP contribution in [-0.2, 0) is 9.59 Å². The lowest BCUT2D eigenvalue weighted by Gasteiger charge is -2.25. The predicted octanol–water partition coefficient (Wildman–Crippen LogP) is 2.59. The first-order valence-electron chi connectivity index (χ1n) is 6.31. The number of thiophene rings is 1. The molecule has 0 saturated carbocycles. The Morgan fingerprint density at radius 1 is 1.37 bits per heavy atom. The Bertz CT molecular complexity index is 481. The molecular formula is C14H17NO3S. The van der Waals surface area contributed by atoms with E-state index in [0.29, 0.717) is 12.8 Å². The minimum atomic E-state index is -0.895. The molecule has 4 nitrogen and oxygen atoms in total. The van der Waals surface area contributed by atoms with Gasteiger partial charge in [-0.2, -0.15) is 0 Å². The van der Waals surface area contributed by atoms with Gasteiger partial charge in [0.2, 0.25) is 5.91 Å². The van der Waals surface area contributed by atoms with E-state index in [9.17, 15) is 9.59 Å². The van der Waals surface area contributed by atoms with Crippen molar-refractivity contribution in [2.75, 3.05) is 0 Å². The molecular weight excluding hydrogens is 262 g/mol. The first kappa shape index (κ1) is 13.8. The van der Waals surface area contributed by atoms with Crippen LogP contribution in [0.4, 0.5) is 0 Å². The van der Waals surface area contributed by atoms with Crippen LogP contribution in [0.15, 0.2) is 29.7 Å². The van der Waals surface area contributed by atoms with Gasteiger partial charge in [-0.25, -0.2) is 0 Å². The van der Waals surface area contributed by atoms with Gasteiger partial charge >= 0.3 is 5.97 Å². The topological polar surface area (TPSA) is 66.4 Å². The van der Waals surface area contributed by atoms with E-state index in [1.807, 2.05) is 36.6 Å². The predicted molar refractivity (Wildman–Crippen MR) is 73.9 cm³/mol. The minimum absolute atomic E-state index is 0.0761. The highest BCUT2D eigenvalue weighted by molar-refractivity contribution is 7.10. The Kier molecular flexibility index (Phi) is 4.37. The molecule has 1 aliphatic rings. The van der Waals surface area contributed by atoms with E-state index >= 15 is 0 Å². The second kappa shape index (κ2) is 6.02. The van der Waals surface area contributed by atoms with Gasteiger partial charge in [-0.15, -0.1) is 11.3 Å². The van der Waals surface area contributed by atoms with Crippen LogP contribution in [0.25, 0.3) is 0 Å². The molecule has 0 fully saturated rings. The number of rotatable bonds is 4. The quantitative estimate of drug-likeness (QED) is 0.832. The van der Waals surface area contributed by atoms with E-state index in [0.717, 1.165) is 4.88 Å². The summed E-state index contributed by atoms with van der Waals surface area (Å²) in [4.78, 5) is 24.5. The number of carbonyl (C=O) groups is 2. The average molecular weight is 279 g/mol. The molecule has 0 spiro atoms. The second-order valence-corrected chi connectivity index (χ2v) is 5.72. The maximum Gasteiger partial charge on any atom is 0.307 e. The fourth-order valence-electron chi connectivity index (χ4n) is 2.31. The van der Waals surface area contributed by atoms with E-state index in [4.69, 9.17) is 5.11 Å². The normalized spacial score (nSPS) is 23.8. The van der Waals surface area contributed by atoms with Crippen molar-refractivity contribution in [2.45, 2.75) is 25.8 Å². The number of nitrogens with one attached hydrogen (secondary N) is 1. The van der Waals surface area contributed by atoms with Gasteiger partial charge in [0, 0.05) is 4.88 Å². The molecule has 3 atom stereocenters. The summed E-state index contributed by atoms with van der Waals surface area (Å²) in [6, 6.07) is 3.82. The third-order valence-corrected chi connectivity index (χ3v) is 4.47. The molecule has 102 valence electrons. The lowest BCUT2D eigenvalue weighted by Crippen LogP contribution is -2.39. The van der Waals surface area contributed by atoms with Gasteiger partial charge in [-0.1, -0.05) is 18.2 Å². The Labute approximate surface area is 116 Å². The SMILES string of the molecule is CC(NC(=O)[C@@H]1CC=CC[C@@H]1C(=O)O)c1cccs1. The molecule has 1 aromatic rings.